The standard InChI is InChI=1S/C12H13NO7/c1-18-9-6-8(13(16)17)7(4-5-10(14)15)11(19-2)12(9)20-3/h4-6H,1-3H3,(H,14,15)/b5-4+. The van der Waals surface area contributed by atoms with Crippen LogP contribution in [0, 0.1) is 10.1 Å². The fourth-order valence-electron chi connectivity index (χ4n) is 1.63. The van der Waals surface area contributed by atoms with Crippen molar-refractivity contribution < 1.29 is 29.0 Å². The first-order valence-corrected chi connectivity index (χ1v) is 5.34. The Kier molecular flexibility index (Phi) is 4.90. The topological polar surface area (TPSA) is 108 Å². The molecule has 0 aliphatic heterocycles. The van der Waals surface area contributed by atoms with Crippen molar-refractivity contribution in [2.45, 2.75) is 0 Å². The van der Waals surface area contributed by atoms with Gasteiger partial charge in [0.1, 0.15) is 0 Å². The highest BCUT2D eigenvalue weighted by Gasteiger charge is 2.25. The molecule has 0 saturated carbocycles. The lowest BCUT2D eigenvalue weighted by Gasteiger charge is -2.14. The van der Waals surface area contributed by atoms with Crippen LogP contribution in [0.5, 0.6) is 17.2 Å². The van der Waals surface area contributed by atoms with Crippen LogP contribution in [-0.4, -0.2) is 37.3 Å². The van der Waals surface area contributed by atoms with E-state index in [-0.39, 0.29) is 28.5 Å². The van der Waals surface area contributed by atoms with Crippen LogP contribution in [0.3, 0.4) is 0 Å². The van der Waals surface area contributed by atoms with E-state index in [4.69, 9.17) is 19.3 Å². The Morgan fingerprint density at radius 2 is 1.85 bits per heavy atom. The van der Waals surface area contributed by atoms with E-state index in [9.17, 15) is 14.9 Å². The van der Waals surface area contributed by atoms with Crippen molar-refractivity contribution in [2.24, 2.45) is 0 Å². The summed E-state index contributed by atoms with van der Waals surface area (Å²) < 4.78 is 15.2. The molecule has 0 aromatic heterocycles. The molecule has 20 heavy (non-hydrogen) atoms. The minimum Gasteiger partial charge on any atom is -0.492 e. The number of carboxylic acid groups (broad SMARTS) is 1. The maximum Gasteiger partial charge on any atom is 0.328 e. The second kappa shape index (κ2) is 6.41. The molecule has 0 fully saturated rings. The number of carbonyl (C=O) groups is 1. The van der Waals surface area contributed by atoms with Gasteiger partial charge in [-0.3, -0.25) is 10.1 Å². The van der Waals surface area contributed by atoms with Gasteiger partial charge in [-0.2, -0.15) is 0 Å². The number of hydrogen-bond donors (Lipinski definition) is 1. The molecule has 1 aromatic carbocycles. The molecule has 0 heterocycles. The first kappa shape index (κ1) is 15.3. The van der Waals surface area contributed by atoms with E-state index < -0.39 is 10.9 Å². The smallest absolute Gasteiger partial charge is 0.328 e. The van der Waals surface area contributed by atoms with E-state index in [1.54, 1.807) is 0 Å². The van der Waals surface area contributed by atoms with Crippen molar-refractivity contribution in [3.63, 3.8) is 0 Å². The molecule has 0 bridgehead atoms. The summed E-state index contributed by atoms with van der Waals surface area (Å²) in [6, 6.07) is 1.14. The Balaban J connectivity index is 3.66. The molecule has 0 spiro atoms. The van der Waals surface area contributed by atoms with Gasteiger partial charge in [-0.15, -0.1) is 0 Å². The van der Waals surface area contributed by atoms with Crippen molar-refractivity contribution >= 4 is 17.7 Å². The van der Waals surface area contributed by atoms with Crippen LogP contribution in [0.15, 0.2) is 12.1 Å². The second-order valence-corrected chi connectivity index (χ2v) is 3.51. The fourth-order valence-corrected chi connectivity index (χ4v) is 1.63. The molecule has 0 unspecified atom stereocenters. The van der Waals surface area contributed by atoms with Gasteiger partial charge >= 0.3 is 5.97 Å². The molecule has 1 N–H and O–H groups in total. The lowest BCUT2D eigenvalue weighted by molar-refractivity contribution is -0.385. The molecule has 0 saturated heterocycles. The number of ether oxygens (including phenoxy) is 3. The average Bonchev–Trinajstić information content (AvgIpc) is 2.42. The summed E-state index contributed by atoms with van der Waals surface area (Å²) in [6.07, 6.45) is 1.85. The van der Waals surface area contributed by atoms with Crippen molar-refractivity contribution in [3.8, 4) is 17.2 Å². The normalized spacial score (nSPS) is 10.3. The first-order chi connectivity index (χ1) is 9.46. The average molecular weight is 283 g/mol. The number of nitro benzene ring substituents is 1. The van der Waals surface area contributed by atoms with Crippen LogP contribution < -0.4 is 14.2 Å². The summed E-state index contributed by atoms with van der Waals surface area (Å²) in [6.45, 7) is 0. The third kappa shape index (κ3) is 2.97. The summed E-state index contributed by atoms with van der Waals surface area (Å²) in [5.41, 5.74) is -0.366. The first-order valence-electron chi connectivity index (χ1n) is 5.34. The Bertz CT molecular complexity index is 565. The molecule has 8 heteroatoms. The zero-order chi connectivity index (χ0) is 15.3. The van der Waals surface area contributed by atoms with Crippen LogP contribution in [0.4, 0.5) is 5.69 Å². The summed E-state index contributed by atoms with van der Waals surface area (Å²) in [7, 11) is 3.96. The zero-order valence-electron chi connectivity index (χ0n) is 11.1. The number of benzene rings is 1. The van der Waals surface area contributed by atoms with Gasteiger partial charge in [0.15, 0.2) is 11.5 Å². The monoisotopic (exact) mass is 283 g/mol. The van der Waals surface area contributed by atoms with Crippen LogP contribution in [0.1, 0.15) is 5.56 Å². The van der Waals surface area contributed by atoms with Crippen LogP contribution in [-0.2, 0) is 4.79 Å². The van der Waals surface area contributed by atoms with E-state index >= 15 is 0 Å². The van der Waals surface area contributed by atoms with Gasteiger partial charge in [-0.05, 0) is 6.08 Å². The SMILES string of the molecule is COc1cc([N+](=O)[O-])c(/C=C/C(=O)O)c(OC)c1OC. The molecule has 1 rings (SSSR count). The number of rotatable bonds is 6. The third-order valence-electron chi connectivity index (χ3n) is 2.44. The molecule has 108 valence electrons. The summed E-state index contributed by atoms with van der Waals surface area (Å²) in [5, 5.41) is 19.7. The predicted octanol–water partition coefficient (Wildman–Crippen LogP) is 1.72. The van der Waals surface area contributed by atoms with E-state index in [0.717, 1.165) is 18.2 Å². The Morgan fingerprint density at radius 1 is 1.25 bits per heavy atom. The third-order valence-corrected chi connectivity index (χ3v) is 2.44. The maximum absolute atomic E-state index is 11.1. The zero-order valence-corrected chi connectivity index (χ0v) is 11.1. The molecular weight excluding hydrogens is 270 g/mol. The van der Waals surface area contributed by atoms with Crippen molar-refractivity contribution in [1.82, 2.24) is 0 Å². The van der Waals surface area contributed by atoms with E-state index in [0.29, 0.717) is 0 Å². The highest BCUT2D eigenvalue weighted by atomic mass is 16.6. The summed E-state index contributed by atoms with van der Waals surface area (Å²) in [5.74, 6) is -0.957. The molecule has 0 amide bonds. The minimum absolute atomic E-state index is 0.0162. The molecule has 1 aromatic rings. The van der Waals surface area contributed by atoms with Gasteiger partial charge in [0.2, 0.25) is 5.75 Å². The van der Waals surface area contributed by atoms with Gasteiger partial charge in [0.05, 0.1) is 37.9 Å². The molecule has 0 radical (unpaired) electrons. The number of aliphatic carboxylic acids is 1. The highest BCUT2D eigenvalue weighted by Crippen LogP contribution is 2.45. The number of carboxylic acids is 1. The molecule has 0 atom stereocenters. The Hall–Kier alpha value is -2.77. The van der Waals surface area contributed by atoms with Gasteiger partial charge in [-0.1, -0.05) is 0 Å². The van der Waals surface area contributed by atoms with E-state index in [2.05, 4.69) is 0 Å². The van der Waals surface area contributed by atoms with Crippen LogP contribution in [0.25, 0.3) is 6.08 Å². The highest BCUT2D eigenvalue weighted by molar-refractivity contribution is 5.88. The Morgan fingerprint density at radius 3 is 2.25 bits per heavy atom. The number of hydrogen-bond acceptors (Lipinski definition) is 6. The van der Waals surface area contributed by atoms with E-state index in [1.807, 2.05) is 0 Å². The lowest BCUT2D eigenvalue weighted by Crippen LogP contribution is -2.01. The predicted molar refractivity (Wildman–Crippen MR) is 69.4 cm³/mol. The van der Waals surface area contributed by atoms with Crippen molar-refractivity contribution in [3.05, 3.63) is 27.8 Å². The summed E-state index contributed by atoms with van der Waals surface area (Å²) >= 11 is 0. The van der Waals surface area contributed by atoms with Crippen molar-refractivity contribution in [1.29, 1.82) is 0 Å². The minimum atomic E-state index is -1.24. The van der Waals surface area contributed by atoms with Crippen LogP contribution in [0.2, 0.25) is 0 Å². The quantitative estimate of drug-likeness (QED) is 0.481. The number of nitro groups is 1. The van der Waals surface area contributed by atoms with Gasteiger partial charge in [-0.25, -0.2) is 4.79 Å². The van der Waals surface area contributed by atoms with E-state index in [1.165, 1.54) is 21.3 Å². The maximum atomic E-state index is 11.1. The molecule has 0 aliphatic rings. The van der Waals surface area contributed by atoms with Gasteiger partial charge in [0, 0.05) is 6.08 Å². The number of methoxy groups -OCH3 is 3. The fraction of sp³-hybridized carbons (Fsp3) is 0.250. The molecular formula is C12H13NO7. The van der Waals surface area contributed by atoms with Gasteiger partial charge in [0.25, 0.3) is 5.69 Å². The molecule has 0 aliphatic carbocycles. The molecule has 8 nitrogen and oxygen atoms in total. The van der Waals surface area contributed by atoms with Gasteiger partial charge < -0.3 is 19.3 Å². The lowest BCUT2D eigenvalue weighted by atomic mass is 10.1. The summed E-state index contributed by atoms with van der Waals surface area (Å²) in [4.78, 5) is 21.0. The largest absolute Gasteiger partial charge is 0.492 e. The Labute approximate surface area is 114 Å². The van der Waals surface area contributed by atoms with Crippen molar-refractivity contribution in [2.75, 3.05) is 21.3 Å². The number of nitrogens with zero attached hydrogens (tertiary/aromatic N) is 1. The second-order valence-electron chi connectivity index (χ2n) is 3.51. The van der Waals surface area contributed by atoms with Crippen LogP contribution >= 0.6 is 0 Å².